The SMILES string of the molecule is Nc1cc(Br)ccc1Oc1cccnc1. The highest BCUT2D eigenvalue weighted by molar-refractivity contribution is 9.10. The van der Waals surface area contributed by atoms with E-state index >= 15 is 0 Å². The Morgan fingerprint density at radius 1 is 1.27 bits per heavy atom. The predicted octanol–water partition coefficient (Wildman–Crippen LogP) is 3.22. The smallest absolute Gasteiger partial charge is 0.150 e. The van der Waals surface area contributed by atoms with E-state index in [-0.39, 0.29) is 0 Å². The summed E-state index contributed by atoms with van der Waals surface area (Å²) in [6.45, 7) is 0. The summed E-state index contributed by atoms with van der Waals surface area (Å²) in [5.74, 6) is 1.30. The Kier molecular flexibility index (Phi) is 2.87. The van der Waals surface area contributed by atoms with E-state index in [2.05, 4.69) is 20.9 Å². The zero-order valence-corrected chi connectivity index (χ0v) is 9.44. The van der Waals surface area contributed by atoms with Gasteiger partial charge in [-0.25, -0.2) is 0 Å². The van der Waals surface area contributed by atoms with Crippen LogP contribution in [0, 0.1) is 0 Å². The molecule has 1 aromatic heterocycles. The minimum Gasteiger partial charge on any atom is -0.454 e. The largest absolute Gasteiger partial charge is 0.454 e. The van der Waals surface area contributed by atoms with Gasteiger partial charge in [0.05, 0.1) is 11.9 Å². The van der Waals surface area contributed by atoms with Crippen LogP contribution in [0.2, 0.25) is 0 Å². The molecular formula is C11H9BrN2O. The molecule has 76 valence electrons. The topological polar surface area (TPSA) is 48.1 Å². The standard InChI is InChI=1S/C11H9BrN2O/c12-8-3-4-11(10(13)6-8)15-9-2-1-5-14-7-9/h1-7H,13H2. The molecule has 4 heteroatoms. The van der Waals surface area contributed by atoms with Crippen molar-refractivity contribution in [3.63, 3.8) is 0 Å². The van der Waals surface area contributed by atoms with E-state index in [0.717, 1.165) is 4.47 Å². The van der Waals surface area contributed by atoms with E-state index in [4.69, 9.17) is 10.5 Å². The lowest BCUT2D eigenvalue weighted by molar-refractivity contribution is 0.482. The molecule has 1 heterocycles. The first-order valence-corrected chi connectivity index (χ1v) is 5.18. The summed E-state index contributed by atoms with van der Waals surface area (Å²) in [6, 6.07) is 9.12. The van der Waals surface area contributed by atoms with Crippen LogP contribution in [0.5, 0.6) is 11.5 Å². The molecule has 0 saturated heterocycles. The lowest BCUT2D eigenvalue weighted by atomic mass is 10.3. The molecular weight excluding hydrogens is 256 g/mol. The van der Waals surface area contributed by atoms with Crippen molar-refractivity contribution in [2.24, 2.45) is 0 Å². The quantitative estimate of drug-likeness (QED) is 0.848. The highest BCUT2D eigenvalue weighted by Crippen LogP contribution is 2.29. The van der Waals surface area contributed by atoms with Gasteiger partial charge in [0.25, 0.3) is 0 Å². The third kappa shape index (κ3) is 2.47. The summed E-state index contributed by atoms with van der Waals surface area (Å²) in [7, 11) is 0. The van der Waals surface area contributed by atoms with Crippen LogP contribution in [-0.4, -0.2) is 4.98 Å². The first-order valence-electron chi connectivity index (χ1n) is 4.38. The van der Waals surface area contributed by atoms with Crippen LogP contribution in [0.3, 0.4) is 0 Å². The maximum atomic E-state index is 5.79. The van der Waals surface area contributed by atoms with Crippen LogP contribution < -0.4 is 10.5 Å². The normalized spacial score (nSPS) is 9.93. The molecule has 0 aliphatic rings. The fourth-order valence-corrected chi connectivity index (χ4v) is 1.53. The number of anilines is 1. The highest BCUT2D eigenvalue weighted by atomic mass is 79.9. The van der Waals surface area contributed by atoms with Gasteiger partial charge in [0.1, 0.15) is 11.5 Å². The molecule has 0 fully saturated rings. The lowest BCUT2D eigenvalue weighted by Crippen LogP contribution is -1.91. The number of aromatic nitrogens is 1. The third-order valence-corrected chi connectivity index (χ3v) is 2.33. The average molecular weight is 265 g/mol. The van der Waals surface area contributed by atoms with Crippen molar-refractivity contribution in [3.05, 3.63) is 47.2 Å². The molecule has 0 atom stereocenters. The summed E-state index contributed by atoms with van der Waals surface area (Å²) in [5, 5.41) is 0. The first-order chi connectivity index (χ1) is 7.25. The van der Waals surface area contributed by atoms with Crippen molar-refractivity contribution < 1.29 is 4.74 Å². The number of pyridine rings is 1. The Bertz CT molecular complexity index is 459. The van der Waals surface area contributed by atoms with Gasteiger partial charge in [0.2, 0.25) is 0 Å². The molecule has 0 aliphatic carbocycles. The molecule has 1 aromatic carbocycles. The van der Waals surface area contributed by atoms with Crippen molar-refractivity contribution in [2.75, 3.05) is 5.73 Å². The van der Waals surface area contributed by atoms with E-state index < -0.39 is 0 Å². The second kappa shape index (κ2) is 4.31. The van der Waals surface area contributed by atoms with Gasteiger partial charge < -0.3 is 10.5 Å². The Morgan fingerprint density at radius 3 is 2.80 bits per heavy atom. The van der Waals surface area contributed by atoms with Crippen LogP contribution in [0.25, 0.3) is 0 Å². The summed E-state index contributed by atoms with van der Waals surface area (Å²) in [4.78, 5) is 3.95. The number of benzene rings is 1. The van der Waals surface area contributed by atoms with Gasteiger partial charge in [0.15, 0.2) is 0 Å². The third-order valence-electron chi connectivity index (χ3n) is 1.83. The zero-order chi connectivity index (χ0) is 10.7. The Morgan fingerprint density at radius 2 is 2.13 bits per heavy atom. The lowest BCUT2D eigenvalue weighted by Gasteiger charge is -2.07. The summed E-state index contributed by atoms with van der Waals surface area (Å²) in [6.07, 6.45) is 3.33. The molecule has 2 aromatic rings. The molecule has 0 amide bonds. The minimum absolute atomic E-state index is 0.591. The number of nitrogens with zero attached hydrogens (tertiary/aromatic N) is 1. The van der Waals surface area contributed by atoms with Crippen LogP contribution >= 0.6 is 15.9 Å². The zero-order valence-electron chi connectivity index (χ0n) is 7.85. The Hall–Kier alpha value is -1.55. The molecule has 3 nitrogen and oxygen atoms in total. The number of rotatable bonds is 2. The van der Waals surface area contributed by atoms with Crippen molar-refractivity contribution in [1.29, 1.82) is 0 Å². The molecule has 0 unspecified atom stereocenters. The molecule has 2 rings (SSSR count). The van der Waals surface area contributed by atoms with Crippen LogP contribution in [0.1, 0.15) is 0 Å². The number of nitrogen functional groups attached to an aromatic ring is 1. The molecule has 0 spiro atoms. The van der Waals surface area contributed by atoms with Crippen LogP contribution in [0.4, 0.5) is 5.69 Å². The second-order valence-corrected chi connectivity index (χ2v) is 3.89. The van der Waals surface area contributed by atoms with E-state index in [1.807, 2.05) is 24.3 Å². The highest BCUT2D eigenvalue weighted by Gasteiger charge is 2.02. The predicted molar refractivity (Wildman–Crippen MR) is 62.9 cm³/mol. The Balaban J connectivity index is 2.25. The molecule has 0 saturated carbocycles. The molecule has 0 bridgehead atoms. The maximum Gasteiger partial charge on any atom is 0.150 e. The van der Waals surface area contributed by atoms with Gasteiger partial charge in [-0.05, 0) is 30.3 Å². The van der Waals surface area contributed by atoms with E-state index in [1.165, 1.54) is 0 Å². The molecule has 0 radical (unpaired) electrons. The van der Waals surface area contributed by atoms with Crippen molar-refractivity contribution in [1.82, 2.24) is 4.98 Å². The van der Waals surface area contributed by atoms with Crippen LogP contribution in [0.15, 0.2) is 47.2 Å². The van der Waals surface area contributed by atoms with Gasteiger partial charge in [-0.2, -0.15) is 0 Å². The Labute approximate surface area is 96.0 Å². The fourth-order valence-electron chi connectivity index (χ4n) is 1.15. The van der Waals surface area contributed by atoms with E-state index in [1.54, 1.807) is 18.5 Å². The van der Waals surface area contributed by atoms with E-state index in [0.29, 0.717) is 17.2 Å². The molecule has 15 heavy (non-hydrogen) atoms. The van der Waals surface area contributed by atoms with Gasteiger partial charge in [-0.3, -0.25) is 4.98 Å². The molecule has 0 aliphatic heterocycles. The monoisotopic (exact) mass is 264 g/mol. The summed E-state index contributed by atoms with van der Waals surface area (Å²) >= 11 is 3.33. The van der Waals surface area contributed by atoms with E-state index in [9.17, 15) is 0 Å². The van der Waals surface area contributed by atoms with Crippen molar-refractivity contribution >= 4 is 21.6 Å². The van der Waals surface area contributed by atoms with Crippen molar-refractivity contribution in [3.8, 4) is 11.5 Å². The maximum absolute atomic E-state index is 5.79. The summed E-state index contributed by atoms with van der Waals surface area (Å²) in [5.41, 5.74) is 6.38. The van der Waals surface area contributed by atoms with Gasteiger partial charge in [-0.1, -0.05) is 15.9 Å². The average Bonchev–Trinajstić information content (AvgIpc) is 2.24. The minimum atomic E-state index is 0.591. The fraction of sp³-hybridized carbons (Fsp3) is 0. The van der Waals surface area contributed by atoms with Crippen molar-refractivity contribution in [2.45, 2.75) is 0 Å². The molecule has 2 N–H and O–H groups in total. The number of nitrogens with two attached hydrogens (primary N) is 1. The summed E-state index contributed by atoms with van der Waals surface area (Å²) < 4.78 is 6.48. The second-order valence-electron chi connectivity index (χ2n) is 2.97. The van der Waals surface area contributed by atoms with Crippen LogP contribution in [-0.2, 0) is 0 Å². The number of ether oxygens (including phenoxy) is 1. The number of hydrogen-bond donors (Lipinski definition) is 1. The van der Waals surface area contributed by atoms with Gasteiger partial charge >= 0.3 is 0 Å². The van der Waals surface area contributed by atoms with Gasteiger partial charge in [-0.15, -0.1) is 0 Å². The van der Waals surface area contributed by atoms with Gasteiger partial charge in [0, 0.05) is 10.7 Å². The number of halogens is 1. The first kappa shape index (κ1) is 9.98. The number of hydrogen-bond acceptors (Lipinski definition) is 3.